The Morgan fingerprint density at radius 2 is 2.05 bits per heavy atom. The molecule has 0 radical (unpaired) electrons. The fourth-order valence-corrected chi connectivity index (χ4v) is 2.41. The van der Waals surface area contributed by atoms with Gasteiger partial charge in [-0.1, -0.05) is 6.07 Å². The van der Waals surface area contributed by atoms with Gasteiger partial charge >= 0.3 is 0 Å². The smallest absolute Gasteiger partial charge is 0.253 e. The van der Waals surface area contributed by atoms with Crippen molar-refractivity contribution < 1.29 is 15.0 Å². The number of carbonyl (C=O) groups is 1. The van der Waals surface area contributed by atoms with E-state index in [1.165, 1.54) is 23.1 Å². The van der Waals surface area contributed by atoms with E-state index in [1.807, 2.05) is 17.5 Å². The van der Waals surface area contributed by atoms with E-state index < -0.39 is 0 Å². The van der Waals surface area contributed by atoms with Crippen molar-refractivity contribution in [2.75, 3.05) is 13.6 Å². The van der Waals surface area contributed by atoms with Gasteiger partial charge in [0.25, 0.3) is 5.91 Å². The van der Waals surface area contributed by atoms with Crippen LogP contribution in [-0.4, -0.2) is 34.6 Å². The van der Waals surface area contributed by atoms with Gasteiger partial charge in [-0.2, -0.15) is 0 Å². The van der Waals surface area contributed by atoms with Crippen LogP contribution in [-0.2, 0) is 6.42 Å². The summed E-state index contributed by atoms with van der Waals surface area (Å²) >= 11 is 1.67. The first-order valence-electron chi connectivity index (χ1n) is 5.88. The first kappa shape index (κ1) is 13.4. The quantitative estimate of drug-likeness (QED) is 0.844. The van der Waals surface area contributed by atoms with Crippen LogP contribution in [0.2, 0.25) is 0 Å². The highest BCUT2D eigenvalue weighted by atomic mass is 32.1. The normalized spacial score (nSPS) is 10.4. The van der Waals surface area contributed by atoms with Crippen LogP contribution < -0.4 is 0 Å². The minimum absolute atomic E-state index is 0.174. The highest BCUT2D eigenvalue weighted by Crippen LogP contribution is 2.25. The second kappa shape index (κ2) is 5.75. The molecular weight excluding hydrogens is 262 g/mol. The van der Waals surface area contributed by atoms with Crippen molar-refractivity contribution in [3.63, 3.8) is 0 Å². The van der Waals surface area contributed by atoms with E-state index in [9.17, 15) is 15.0 Å². The van der Waals surface area contributed by atoms with Gasteiger partial charge in [0.15, 0.2) is 11.5 Å². The lowest BCUT2D eigenvalue weighted by atomic mass is 10.1. The van der Waals surface area contributed by atoms with Crippen LogP contribution >= 0.6 is 11.3 Å². The SMILES string of the molecule is CN(CCc1cccs1)C(=O)c1ccc(O)c(O)c1. The maximum absolute atomic E-state index is 12.1. The molecule has 0 spiro atoms. The monoisotopic (exact) mass is 277 g/mol. The number of hydrogen-bond donors (Lipinski definition) is 2. The minimum Gasteiger partial charge on any atom is -0.504 e. The molecule has 1 aromatic heterocycles. The molecule has 4 nitrogen and oxygen atoms in total. The molecule has 0 unspecified atom stereocenters. The molecule has 1 heterocycles. The number of aromatic hydroxyl groups is 2. The summed E-state index contributed by atoms with van der Waals surface area (Å²) in [5, 5.41) is 20.6. The standard InChI is InChI=1S/C14H15NO3S/c1-15(7-6-11-3-2-8-19-11)14(18)10-4-5-12(16)13(17)9-10/h2-5,8-9,16-17H,6-7H2,1H3. The molecule has 0 fully saturated rings. The van der Waals surface area contributed by atoms with Gasteiger partial charge in [0.1, 0.15) is 0 Å². The number of rotatable bonds is 4. The summed E-state index contributed by atoms with van der Waals surface area (Å²) in [5.74, 6) is -0.679. The highest BCUT2D eigenvalue weighted by molar-refractivity contribution is 7.09. The first-order chi connectivity index (χ1) is 9.08. The lowest BCUT2D eigenvalue weighted by Crippen LogP contribution is -2.28. The number of phenols is 2. The Kier molecular flexibility index (Phi) is 4.06. The summed E-state index contributed by atoms with van der Waals surface area (Å²) in [6, 6.07) is 8.11. The summed E-state index contributed by atoms with van der Waals surface area (Å²) in [4.78, 5) is 14.9. The molecule has 1 aromatic carbocycles. The van der Waals surface area contributed by atoms with E-state index in [0.717, 1.165) is 6.42 Å². The number of carbonyl (C=O) groups excluding carboxylic acids is 1. The molecule has 2 aromatic rings. The second-order valence-corrected chi connectivity index (χ2v) is 5.29. The summed E-state index contributed by atoms with van der Waals surface area (Å²) < 4.78 is 0. The van der Waals surface area contributed by atoms with Gasteiger partial charge in [-0.3, -0.25) is 4.79 Å². The fraction of sp³-hybridized carbons (Fsp3) is 0.214. The van der Waals surface area contributed by atoms with Crippen LogP contribution in [0.1, 0.15) is 15.2 Å². The summed E-state index contributed by atoms with van der Waals surface area (Å²) in [7, 11) is 1.72. The van der Waals surface area contributed by atoms with Crippen molar-refractivity contribution in [1.29, 1.82) is 0 Å². The van der Waals surface area contributed by atoms with E-state index >= 15 is 0 Å². The molecule has 0 aliphatic rings. The predicted octanol–water partition coefficient (Wildman–Crippen LogP) is 2.47. The molecule has 0 aliphatic heterocycles. The van der Waals surface area contributed by atoms with Crippen molar-refractivity contribution >= 4 is 17.2 Å². The average Bonchev–Trinajstić information content (AvgIpc) is 2.91. The molecule has 0 atom stereocenters. The lowest BCUT2D eigenvalue weighted by Gasteiger charge is -2.17. The highest BCUT2D eigenvalue weighted by Gasteiger charge is 2.13. The van der Waals surface area contributed by atoms with Crippen LogP contribution in [0.5, 0.6) is 11.5 Å². The van der Waals surface area contributed by atoms with Crippen LogP contribution in [0.4, 0.5) is 0 Å². The van der Waals surface area contributed by atoms with Gasteiger partial charge in [-0.05, 0) is 36.1 Å². The number of thiophene rings is 1. The molecule has 100 valence electrons. The largest absolute Gasteiger partial charge is 0.504 e. The number of nitrogens with zero attached hydrogens (tertiary/aromatic N) is 1. The van der Waals surface area contributed by atoms with Crippen molar-refractivity contribution in [3.05, 3.63) is 46.2 Å². The summed E-state index contributed by atoms with van der Waals surface area (Å²) in [6.45, 7) is 0.612. The zero-order valence-electron chi connectivity index (χ0n) is 10.5. The number of benzene rings is 1. The third-order valence-corrected chi connectivity index (χ3v) is 3.78. The molecule has 5 heteroatoms. The Labute approximate surface area is 115 Å². The van der Waals surface area contributed by atoms with E-state index in [2.05, 4.69) is 0 Å². The van der Waals surface area contributed by atoms with Crippen molar-refractivity contribution in [2.24, 2.45) is 0 Å². The van der Waals surface area contributed by atoms with Crippen LogP contribution in [0.15, 0.2) is 35.7 Å². The molecule has 2 N–H and O–H groups in total. The average molecular weight is 277 g/mol. The predicted molar refractivity (Wildman–Crippen MR) is 74.8 cm³/mol. The van der Waals surface area contributed by atoms with Gasteiger partial charge in [0.05, 0.1) is 0 Å². The van der Waals surface area contributed by atoms with Gasteiger partial charge in [0.2, 0.25) is 0 Å². The zero-order chi connectivity index (χ0) is 13.8. The Hall–Kier alpha value is -2.01. The van der Waals surface area contributed by atoms with Crippen LogP contribution in [0.25, 0.3) is 0 Å². The first-order valence-corrected chi connectivity index (χ1v) is 6.75. The maximum Gasteiger partial charge on any atom is 0.253 e. The molecule has 1 amide bonds. The maximum atomic E-state index is 12.1. The number of likely N-dealkylation sites (N-methyl/N-ethyl adjacent to an activating group) is 1. The van der Waals surface area contributed by atoms with Gasteiger partial charge < -0.3 is 15.1 Å². The Balaban J connectivity index is 2.00. The van der Waals surface area contributed by atoms with Crippen molar-refractivity contribution in [2.45, 2.75) is 6.42 Å². The summed E-state index contributed by atoms with van der Waals surface area (Å²) in [5.41, 5.74) is 0.365. The van der Waals surface area contributed by atoms with Crippen LogP contribution in [0, 0.1) is 0 Å². The van der Waals surface area contributed by atoms with Gasteiger partial charge in [-0.15, -0.1) is 11.3 Å². The second-order valence-electron chi connectivity index (χ2n) is 4.26. The minimum atomic E-state index is -0.280. The molecule has 0 saturated carbocycles. The number of amides is 1. The van der Waals surface area contributed by atoms with Crippen molar-refractivity contribution in [3.8, 4) is 11.5 Å². The molecule has 0 bridgehead atoms. The Morgan fingerprint density at radius 1 is 1.26 bits per heavy atom. The fourth-order valence-electron chi connectivity index (χ4n) is 1.71. The third kappa shape index (κ3) is 3.26. The molecule has 0 saturated heterocycles. The summed E-state index contributed by atoms with van der Waals surface area (Å²) in [6.07, 6.45) is 0.809. The van der Waals surface area contributed by atoms with Gasteiger partial charge in [0, 0.05) is 24.0 Å². The molecule has 0 aliphatic carbocycles. The molecule has 2 rings (SSSR count). The zero-order valence-corrected chi connectivity index (χ0v) is 11.4. The lowest BCUT2D eigenvalue weighted by molar-refractivity contribution is 0.0796. The number of phenolic OH excluding ortho intramolecular Hbond substituents is 2. The Bertz CT molecular complexity index is 566. The topological polar surface area (TPSA) is 60.8 Å². The van der Waals surface area contributed by atoms with E-state index in [0.29, 0.717) is 12.1 Å². The molecular formula is C14H15NO3S. The Morgan fingerprint density at radius 3 is 2.68 bits per heavy atom. The molecule has 19 heavy (non-hydrogen) atoms. The number of hydrogen-bond acceptors (Lipinski definition) is 4. The van der Waals surface area contributed by atoms with E-state index in [4.69, 9.17) is 0 Å². The van der Waals surface area contributed by atoms with Crippen LogP contribution in [0.3, 0.4) is 0 Å². The third-order valence-electron chi connectivity index (χ3n) is 2.84. The van der Waals surface area contributed by atoms with E-state index in [1.54, 1.807) is 23.3 Å². The van der Waals surface area contributed by atoms with E-state index in [-0.39, 0.29) is 17.4 Å². The van der Waals surface area contributed by atoms with Gasteiger partial charge in [-0.25, -0.2) is 0 Å². The van der Waals surface area contributed by atoms with Crippen molar-refractivity contribution in [1.82, 2.24) is 4.90 Å².